The summed E-state index contributed by atoms with van der Waals surface area (Å²) in [7, 11) is 0. The lowest BCUT2D eigenvalue weighted by molar-refractivity contribution is -0.428. The summed E-state index contributed by atoms with van der Waals surface area (Å²) in [4.78, 5) is 26.5. The van der Waals surface area contributed by atoms with Crippen LogP contribution in [0.15, 0.2) is 15.8 Å². The average Bonchev–Trinajstić information content (AvgIpc) is 2.92. The van der Waals surface area contributed by atoms with Crippen molar-refractivity contribution < 1.29 is 34.8 Å². The fourth-order valence-corrected chi connectivity index (χ4v) is 3.67. The van der Waals surface area contributed by atoms with Gasteiger partial charge in [-0.1, -0.05) is 40.0 Å². The second-order valence-electron chi connectivity index (χ2n) is 8.11. The van der Waals surface area contributed by atoms with Crippen molar-refractivity contribution in [2.75, 3.05) is 6.61 Å². The highest BCUT2D eigenvalue weighted by Crippen LogP contribution is 2.44. The number of aromatic amines is 1. The van der Waals surface area contributed by atoms with E-state index >= 15 is 0 Å². The summed E-state index contributed by atoms with van der Waals surface area (Å²) in [6.45, 7) is 4.29. The molecule has 2 heterocycles. The molecule has 1 aromatic rings. The topological polar surface area (TPSA) is 168 Å². The van der Waals surface area contributed by atoms with Gasteiger partial charge in [-0.15, -0.1) is 5.06 Å². The minimum Gasteiger partial charge on any atom is -0.394 e. The van der Waals surface area contributed by atoms with Gasteiger partial charge in [0.2, 0.25) is 5.72 Å². The van der Waals surface area contributed by atoms with Crippen molar-refractivity contribution in [3.05, 3.63) is 32.6 Å². The van der Waals surface area contributed by atoms with Gasteiger partial charge >= 0.3 is 11.6 Å². The highest BCUT2D eigenvalue weighted by atomic mass is 19.1. The van der Waals surface area contributed by atoms with Gasteiger partial charge in [-0.3, -0.25) is 9.78 Å². The molecule has 0 bridgehead atoms. The van der Waals surface area contributed by atoms with Crippen molar-refractivity contribution in [2.24, 2.45) is 0 Å². The first kappa shape index (κ1) is 25.6. The van der Waals surface area contributed by atoms with Crippen LogP contribution in [-0.2, 0) is 10.6 Å². The Morgan fingerprint density at radius 2 is 1.94 bits per heavy atom. The molecule has 1 saturated heterocycles. The van der Waals surface area contributed by atoms with Gasteiger partial charge in [0.1, 0.15) is 12.2 Å². The Kier molecular flexibility index (Phi) is 8.14. The molecule has 12 heteroatoms. The number of alkyl halides is 1. The fourth-order valence-electron chi connectivity index (χ4n) is 3.67. The molecule has 5 atom stereocenters. The van der Waals surface area contributed by atoms with Gasteiger partial charge < -0.3 is 30.4 Å². The highest BCUT2D eigenvalue weighted by molar-refractivity contribution is 5.13. The molecular weight excluding hydrogens is 417 g/mol. The zero-order valence-electron chi connectivity index (χ0n) is 17.9. The predicted molar refractivity (Wildman–Crippen MR) is 106 cm³/mol. The summed E-state index contributed by atoms with van der Waals surface area (Å²) in [5.41, 5.74) is -5.27. The second kappa shape index (κ2) is 9.86. The first-order valence-corrected chi connectivity index (χ1v) is 10.4. The number of nitrogens with one attached hydrogen (secondary N) is 1. The minimum absolute atomic E-state index is 0.0155. The van der Waals surface area contributed by atoms with Gasteiger partial charge in [0, 0.05) is 11.8 Å². The number of halogens is 1. The number of rotatable bonds is 10. The van der Waals surface area contributed by atoms with E-state index < -0.39 is 53.9 Å². The zero-order valence-corrected chi connectivity index (χ0v) is 17.9. The van der Waals surface area contributed by atoms with Crippen LogP contribution in [0.5, 0.6) is 0 Å². The molecule has 0 saturated carbocycles. The van der Waals surface area contributed by atoms with Crippen LogP contribution in [0, 0.1) is 0 Å². The van der Waals surface area contributed by atoms with E-state index in [1.165, 1.54) is 0 Å². The molecule has 1 unspecified atom stereocenters. The lowest BCUT2D eigenvalue weighted by Gasteiger charge is -2.43. The molecule has 0 spiro atoms. The third-order valence-electron chi connectivity index (χ3n) is 5.57. The molecule has 178 valence electrons. The normalized spacial score (nSPS) is 29.8. The van der Waals surface area contributed by atoms with Gasteiger partial charge in [0.15, 0.2) is 6.30 Å². The molecule has 1 aromatic heterocycles. The van der Waals surface area contributed by atoms with Crippen LogP contribution in [-0.4, -0.2) is 71.1 Å². The van der Waals surface area contributed by atoms with E-state index in [9.17, 15) is 39.6 Å². The number of hydrogen-bond acceptors (Lipinski definition) is 9. The molecule has 0 radical (unpaired) electrons. The Hall–Kier alpha value is -1.67. The summed E-state index contributed by atoms with van der Waals surface area (Å²) >= 11 is 0. The van der Waals surface area contributed by atoms with E-state index in [1.54, 1.807) is 13.8 Å². The van der Waals surface area contributed by atoms with E-state index in [4.69, 9.17) is 4.74 Å². The maximum atomic E-state index is 14.8. The van der Waals surface area contributed by atoms with Crippen LogP contribution in [0.25, 0.3) is 0 Å². The highest BCUT2D eigenvalue weighted by Gasteiger charge is 2.71. The van der Waals surface area contributed by atoms with Crippen LogP contribution in [0.2, 0.25) is 0 Å². The van der Waals surface area contributed by atoms with Crippen molar-refractivity contribution in [1.29, 1.82) is 0 Å². The Balaban J connectivity index is 2.55. The van der Waals surface area contributed by atoms with Crippen molar-refractivity contribution in [2.45, 2.75) is 88.9 Å². The standard InChI is InChI=1S/C19H32FN3O8/c1-4-5-6-7-8-14(20)23(30)18(28)15(25)13(10-24)31-19(18,29)22-9-12(11(2)3)16(26)21-17(22)27/h9,11,13-15,24-25,28-30H,4-8,10H2,1-3H3,(H,21,26,27)/t13-,14?,15-,18-,19+/m1/s1. The molecule has 0 aromatic carbocycles. The SMILES string of the molecule is CCCCCCC(F)N(O)[C@@]1(O)[C@H](O)[C@@H](CO)O[C@]1(O)n1cc(C(C)C)c(=O)[nH]c1=O. The maximum absolute atomic E-state index is 14.8. The number of aliphatic hydroxyl groups is 4. The summed E-state index contributed by atoms with van der Waals surface area (Å²) in [5.74, 6) is -3.67. The monoisotopic (exact) mass is 449 g/mol. The minimum atomic E-state index is -3.29. The third kappa shape index (κ3) is 4.46. The summed E-state index contributed by atoms with van der Waals surface area (Å²) < 4.78 is 20.3. The Morgan fingerprint density at radius 3 is 2.48 bits per heavy atom. The van der Waals surface area contributed by atoms with Crippen molar-refractivity contribution >= 4 is 0 Å². The molecule has 6 N–H and O–H groups in total. The Labute approximate surface area is 178 Å². The zero-order chi connectivity index (χ0) is 23.6. The molecule has 11 nitrogen and oxygen atoms in total. The number of unbranched alkanes of at least 4 members (excludes halogenated alkanes) is 3. The number of ether oxygens (including phenoxy) is 1. The van der Waals surface area contributed by atoms with E-state index in [2.05, 4.69) is 0 Å². The quantitative estimate of drug-likeness (QED) is 0.121. The van der Waals surface area contributed by atoms with Crippen LogP contribution in [0.3, 0.4) is 0 Å². The summed E-state index contributed by atoms with van der Waals surface area (Å²) in [6.07, 6.45) is -2.78. The van der Waals surface area contributed by atoms with Gasteiger partial charge in [-0.2, -0.15) is 0 Å². The smallest absolute Gasteiger partial charge is 0.332 e. The third-order valence-corrected chi connectivity index (χ3v) is 5.57. The number of H-pyrrole nitrogens is 1. The van der Waals surface area contributed by atoms with Crippen LogP contribution in [0.1, 0.15) is 64.4 Å². The van der Waals surface area contributed by atoms with Crippen molar-refractivity contribution in [1.82, 2.24) is 14.6 Å². The fraction of sp³-hybridized carbons (Fsp3) is 0.789. The number of hydroxylamine groups is 2. The lowest BCUT2D eigenvalue weighted by atomic mass is 9.99. The van der Waals surface area contributed by atoms with Crippen molar-refractivity contribution in [3.8, 4) is 0 Å². The molecule has 0 aliphatic carbocycles. The molecule has 0 amide bonds. The lowest BCUT2D eigenvalue weighted by Crippen LogP contribution is -2.69. The van der Waals surface area contributed by atoms with E-state index in [0.717, 1.165) is 19.0 Å². The summed E-state index contributed by atoms with van der Waals surface area (Å²) in [6, 6.07) is 0. The van der Waals surface area contributed by atoms with Gasteiger partial charge in [-0.05, 0) is 18.8 Å². The average molecular weight is 449 g/mol. The van der Waals surface area contributed by atoms with E-state index in [0.29, 0.717) is 17.4 Å². The molecule has 1 aliphatic heterocycles. The first-order valence-electron chi connectivity index (χ1n) is 10.4. The largest absolute Gasteiger partial charge is 0.394 e. The van der Waals surface area contributed by atoms with E-state index in [1.807, 2.05) is 11.9 Å². The second-order valence-corrected chi connectivity index (χ2v) is 8.11. The molecule has 31 heavy (non-hydrogen) atoms. The molecule has 2 rings (SSSR count). The first-order chi connectivity index (χ1) is 14.4. The van der Waals surface area contributed by atoms with Crippen LogP contribution in [0.4, 0.5) is 4.39 Å². The number of nitrogens with zero attached hydrogens (tertiary/aromatic N) is 2. The van der Waals surface area contributed by atoms with E-state index in [-0.39, 0.29) is 17.0 Å². The molecular formula is C19H32FN3O8. The van der Waals surface area contributed by atoms with Gasteiger partial charge in [0.25, 0.3) is 5.56 Å². The number of aromatic nitrogens is 2. The maximum Gasteiger partial charge on any atom is 0.332 e. The van der Waals surface area contributed by atoms with Gasteiger partial charge in [0.05, 0.1) is 6.61 Å². The Morgan fingerprint density at radius 1 is 1.29 bits per heavy atom. The Bertz CT molecular complexity index is 861. The number of hydrogen-bond donors (Lipinski definition) is 6. The molecule has 1 aliphatic rings. The number of aliphatic hydroxyl groups excluding tert-OH is 2. The molecule has 1 fully saturated rings. The predicted octanol–water partition coefficient (Wildman–Crippen LogP) is -0.340. The van der Waals surface area contributed by atoms with Gasteiger partial charge in [-0.25, -0.2) is 13.8 Å². The van der Waals surface area contributed by atoms with Crippen LogP contribution >= 0.6 is 0 Å². The van der Waals surface area contributed by atoms with Crippen LogP contribution < -0.4 is 11.2 Å². The summed E-state index contributed by atoms with van der Waals surface area (Å²) in [5, 5.41) is 52.5. The van der Waals surface area contributed by atoms with Crippen molar-refractivity contribution in [3.63, 3.8) is 0 Å².